The Balaban J connectivity index is 0.000000472. The highest BCUT2D eigenvalue weighted by atomic mass is 19.4. The molecule has 0 aliphatic heterocycles. The highest BCUT2D eigenvalue weighted by Crippen LogP contribution is 2.29. The smallest absolute Gasteiger partial charge is 0.416 e. The molecule has 1 aromatic carbocycles. The number of benzene rings is 1. The highest BCUT2D eigenvalue weighted by molar-refractivity contribution is 5.95. The number of hydrogen-bond acceptors (Lipinski definition) is 3. The molecule has 0 aromatic heterocycles. The number of ketones is 1. The van der Waals surface area contributed by atoms with E-state index in [0.29, 0.717) is 12.0 Å². The summed E-state index contributed by atoms with van der Waals surface area (Å²) in [6.45, 7) is 6.95. The van der Waals surface area contributed by atoms with Crippen molar-refractivity contribution in [1.82, 2.24) is 0 Å². The fourth-order valence-corrected chi connectivity index (χ4v) is 1.35. The molecule has 0 bridgehead atoms. The maximum absolute atomic E-state index is 12.1. The van der Waals surface area contributed by atoms with E-state index in [1.165, 1.54) is 12.1 Å². The number of rotatable bonds is 2. The third-order valence-corrected chi connectivity index (χ3v) is 2.26. The highest BCUT2D eigenvalue weighted by Gasteiger charge is 2.30. The van der Waals surface area contributed by atoms with E-state index in [0.717, 1.165) is 12.1 Å². The Labute approximate surface area is 127 Å². The lowest BCUT2D eigenvalue weighted by atomic mass is 10.1. The van der Waals surface area contributed by atoms with Crippen LogP contribution in [0.2, 0.25) is 0 Å². The van der Waals surface area contributed by atoms with Gasteiger partial charge in [-0.3, -0.25) is 4.79 Å². The Kier molecular flexibility index (Phi) is 7.09. The maximum atomic E-state index is 12.1. The van der Waals surface area contributed by atoms with E-state index in [-0.39, 0.29) is 5.78 Å². The molecule has 1 aromatic rings. The molecule has 0 radical (unpaired) electrons. The predicted octanol–water partition coefficient (Wildman–Crippen LogP) is 4.18. The van der Waals surface area contributed by atoms with E-state index in [1.54, 1.807) is 27.7 Å². The molecule has 2 N–H and O–H groups in total. The second-order valence-corrected chi connectivity index (χ2v) is 5.39. The zero-order chi connectivity index (χ0) is 17.6. The van der Waals surface area contributed by atoms with Crippen molar-refractivity contribution in [1.29, 1.82) is 0 Å². The Bertz CT molecular complexity index is 502. The number of carbonyl (C=O) groups is 2. The van der Waals surface area contributed by atoms with Crippen LogP contribution in [0.1, 0.15) is 50.0 Å². The minimum atomic E-state index is -4.34. The molecule has 0 saturated carbocycles. The van der Waals surface area contributed by atoms with Gasteiger partial charge in [0.15, 0.2) is 5.78 Å². The molecule has 7 heteroatoms. The quantitative estimate of drug-likeness (QED) is 0.831. The van der Waals surface area contributed by atoms with Crippen LogP contribution in [-0.4, -0.2) is 17.5 Å². The van der Waals surface area contributed by atoms with Gasteiger partial charge >= 0.3 is 12.3 Å². The standard InChI is InChI=1S/C10H9F3O.C5H11NO2/c1-2-9(14)7-3-5-8(6-4-7)10(11,12)13;1-5(2,3)8-4(6)7/h3-6H,2H2,1H3;1-3H3,(H2,6,7). The first kappa shape index (κ1) is 19.9. The normalized spacial score (nSPS) is 11.2. The number of Topliss-reactive ketones (excluding diaryl/α,β-unsaturated/α-hetero) is 1. The molecule has 22 heavy (non-hydrogen) atoms. The van der Waals surface area contributed by atoms with Crippen LogP contribution in [0.3, 0.4) is 0 Å². The zero-order valence-electron chi connectivity index (χ0n) is 13.0. The Morgan fingerprint density at radius 2 is 1.55 bits per heavy atom. The molecule has 0 aliphatic carbocycles. The third-order valence-electron chi connectivity index (χ3n) is 2.26. The van der Waals surface area contributed by atoms with E-state index in [4.69, 9.17) is 5.73 Å². The summed E-state index contributed by atoms with van der Waals surface area (Å²) in [5.74, 6) is -0.154. The summed E-state index contributed by atoms with van der Waals surface area (Å²) < 4.78 is 40.9. The summed E-state index contributed by atoms with van der Waals surface area (Å²) in [5.41, 5.74) is 3.85. The van der Waals surface area contributed by atoms with Gasteiger partial charge < -0.3 is 10.5 Å². The minimum Gasteiger partial charge on any atom is -0.444 e. The van der Waals surface area contributed by atoms with Crippen molar-refractivity contribution >= 4 is 11.9 Å². The van der Waals surface area contributed by atoms with Gasteiger partial charge in [-0.15, -0.1) is 0 Å². The summed E-state index contributed by atoms with van der Waals surface area (Å²) in [4.78, 5) is 21.1. The number of halogens is 3. The fourth-order valence-electron chi connectivity index (χ4n) is 1.35. The van der Waals surface area contributed by atoms with Crippen LogP contribution in [0.4, 0.5) is 18.0 Å². The Morgan fingerprint density at radius 3 is 1.77 bits per heavy atom. The lowest BCUT2D eigenvalue weighted by Crippen LogP contribution is -2.27. The number of amides is 1. The first-order chi connectivity index (χ1) is 9.86. The molecule has 0 atom stereocenters. The molecule has 0 heterocycles. The summed E-state index contributed by atoms with van der Waals surface area (Å²) in [6.07, 6.45) is -4.77. The monoisotopic (exact) mass is 319 g/mol. The average Bonchev–Trinajstić information content (AvgIpc) is 2.34. The SMILES string of the molecule is CC(C)(C)OC(N)=O.CCC(=O)c1ccc(C(F)(F)F)cc1. The molecule has 4 nitrogen and oxygen atoms in total. The van der Waals surface area contributed by atoms with Gasteiger partial charge in [0, 0.05) is 12.0 Å². The zero-order valence-corrected chi connectivity index (χ0v) is 13.0. The van der Waals surface area contributed by atoms with Crippen molar-refractivity contribution in [3.63, 3.8) is 0 Å². The van der Waals surface area contributed by atoms with Crippen molar-refractivity contribution in [2.45, 2.75) is 45.9 Å². The molecule has 0 spiro atoms. The van der Waals surface area contributed by atoms with Crippen molar-refractivity contribution < 1.29 is 27.5 Å². The van der Waals surface area contributed by atoms with Crippen LogP contribution in [0, 0.1) is 0 Å². The first-order valence-electron chi connectivity index (χ1n) is 6.55. The number of carbonyl (C=O) groups excluding carboxylic acids is 2. The lowest BCUT2D eigenvalue weighted by molar-refractivity contribution is -0.137. The van der Waals surface area contributed by atoms with E-state index < -0.39 is 23.4 Å². The first-order valence-corrected chi connectivity index (χ1v) is 6.55. The van der Waals surface area contributed by atoms with Crippen molar-refractivity contribution in [3.8, 4) is 0 Å². The molecule has 0 fully saturated rings. The maximum Gasteiger partial charge on any atom is 0.416 e. The van der Waals surface area contributed by atoms with Gasteiger partial charge in [-0.25, -0.2) is 4.79 Å². The minimum absolute atomic E-state index is 0.154. The topological polar surface area (TPSA) is 69.4 Å². The van der Waals surface area contributed by atoms with Crippen LogP contribution in [0.5, 0.6) is 0 Å². The molecule has 0 saturated heterocycles. The molecule has 0 aliphatic rings. The van der Waals surface area contributed by atoms with Crippen LogP contribution >= 0.6 is 0 Å². The third kappa shape index (κ3) is 8.28. The number of hydrogen-bond donors (Lipinski definition) is 1. The van der Waals surface area contributed by atoms with Gasteiger partial charge in [0.2, 0.25) is 0 Å². The summed E-state index contributed by atoms with van der Waals surface area (Å²) in [6, 6.07) is 4.25. The van der Waals surface area contributed by atoms with Crippen molar-refractivity contribution in [2.24, 2.45) is 5.73 Å². The molecular formula is C15H20F3NO3. The van der Waals surface area contributed by atoms with Gasteiger partial charge in [0.05, 0.1) is 5.56 Å². The molecule has 1 amide bonds. The predicted molar refractivity (Wildman–Crippen MR) is 76.5 cm³/mol. The second kappa shape index (κ2) is 7.82. The molecule has 1 rings (SSSR count). The van der Waals surface area contributed by atoms with Gasteiger partial charge in [-0.2, -0.15) is 13.2 Å². The van der Waals surface area contributed by atoms with Crippen molar-refractivity contribution in [3.05, 3.63) is 35.4 Å². The van der Waals surface area contributed by atoms with E-state index >= 15 is 0 Å². The molecule has 124 valence electrons. The number of alkyl halides is 3. The molecular weight excluding hydrogens is 299 g/mol. The van der Waals surface area contributed by atoms with Crippen LogP contribution < -0.4 is 5.73 Å². The summed E-state index contributed by atoms with van der Waals surface area (Å²) in [7, 11) is 0. The van der Waals surface area contributed by atoms with E-state index in [1.807, 2.05) is 0 Å². The number of primary amides is 1. The van der Waals surface area contributed by atoms with Crippen molar-refractivity contribution in [2.75, 3.05) is 0 Å². The average molecular weight is 319 g/mol. The van der Waals surface area contributed by atoms with Gasteiger partial charge in [-0.05, 0) is 32.9 Å². The Hall–Kier alpha value is -2.05. The van der Waals surface area contributed by atoms with Crippen LogP contribution in [0.15, 0.2) is 24.3 Å². The molecule has 0 unspecified atom stereocenters. The summed E-state index contributed by atoms with van der Waals surface area (Å²) in [5, 5.41) is 0. The number of ether oxygens (including phenoxy) is 1. The largest absolute Gasteiger partial charge is 0.444 e. The van der Waals surface area contributed by atoms with Crippen LogP contribution in [-0.2, 0) is 10.9 Å². The van der Waals surface area contributed by atoms with Crippen LogP contribution in [0.25, 0.3) is 0 Å². The summed E-state index contributed by atoms with van der Waals surface area (Å²) >= 11 is 0. The second-order valence-electron chi connectivity index (χ2n) is 5.39. The number of nitrogens with two attached hydrogens (primary N) is 1. The van der Waals surface area contributed by atoms with E-state index in [2.05, 4.69) is 4.74 Å². The fraction of sp³-hybridized carbons (Fsp3) is 0.467. The van der Waals surface area contributed by atoms with Gasteiger partial charge in [0.25, 0.3) is 0 Å². The van der Waals surface area contributed by atoms with Gasteiger partial charge in [-0.1, -0.05) is 19.1 Å². The lowest BCUT2D eigenvalue weighted by Gasteiger charge is -2.16. The Morgan fingerprint density at radius 1 is 1.09 bits per heavy atom. The van der Waals surface area contributed by atoms with E-state index in [9.17, 15) is 22.8 Å². The van der Waals surface area contributed by atoms with Gasteiger partial charge in [0.1, 0.15) is 5.60 Å².